The highest BCUT2D eigenvalue weighted by Gasteiger charge is 2.27. The Bertz CT molecular complexity index is 1240. The molecule has 0 fully saturated rings. The van der Waals surface area contributed by atoms with Crippen LogP contribution in [0.25, 0.3) is 22.2 Å². The van der Waals surface area contributed by atoms with E-state index >= 15 is 0 Å². The van der Waals surface area contributed by atoms with Crippen molar-refractivity contribution in [3.05, 3.63) is 114 Å². The molecule has 0 saturated heterocycles. The van der Waals surface area contributed by atoms with E-state index in [2.05, 4.69) is 90.9 Å². The number of aryl methyl sites for hydroxylation is 1. The molecule has 1 aliphatic rings. The molecule has 4 aromatic rings. The summed E-state index contributed by atoms with van der Waals surface area (Å²) >= 11 is 0. The van der Waals surface area contributed by atoms with Gasteiger partial charge in [-0.15, -0.1) is 0 Å². The van der Waals surface area contributed by atoms with Gasteiger partial charge >= 0.3 is 0 Å². The lowest BCUT2D eigenvalue weighted by atomic mass is 9.92. The van der Waals surface area contributed by atoms with E-state index in [0.29, 0.717) is 5.92 Å². The maximum atomic E-state index is 4.46. The molecule has 5 rings (SSSR count). The second-order valence-electron chi connectivity index (χ2n) is 7.87. The first-order valence-electron chi connectivity index (χ1n) is 9.98. The van der Waals surface area contributed by atoms with Crippen LogP contribution < -0.4 is 5.32 Å². The summed E-state index contributed by atoms with van der Waals surface area (Å²) < 4.78 is 2.16. The first-order chi connectivity index (χ1) is 14.1. The molecule has 1 unspecified atom stereocenters. The van der Waals surface area contributed by atoms with Crippen LogP contribution in [0.1, 0.15) is 28.2 Å². The lowest BCUT2D eigenvalue weighted by molar-refractivity contribution is 0.900. The van der Waals surface area contributed by atoms with Crippen LogP contribution in [0.4, 0.5) is 5.69 Å². The number of aromatic nitrogens is 1. The maximum Gasteiger partial charge on any atom is 0.0477 e. The summed E-state index contributed by atoms with van der Waals surface area (Å²) in [4.78, 5) is 0. The lowest BCUT2D eigenvalue weighted by Crippen LogP contribution is -1.98. The Morgan fingerprint density at radius 2 is 1.83 bits per heavy atom. The number of rotatable bonds is 4. The highest BCUT2D eigenvalue weighted by molar-refractivity contribution is 5.85. The zero-order valence-electron chi connectivity index (χ0n) is 16.7. The molecule has 0 bridgehead atoms. The minimum atomic E-state index is 0.335. The van der Waals surface area contributed by atoms with Crippen molar-refractivity contribution in [1.29, 1.82) is 0 Å². The van der Waals surface area contributed by atoms with Gasteiger partial charge in [0.2, 0.25) is 0 Å². The molecule has 1 atom stereocenters. The third kappa shape index (κ3) is 3.07. The van der Waals surface area contributed by atoms with Gasteiger partial charge < -0.3 is 9.88 Å². The van der Waals surface area contributed by atoms with Gasteiger partial charge in [-0.1, -0.05) is 55.6 Å². The van der Waals surface area contributed by atoms with Crippen LogP contribution >= 0.6 is 0 Å². The van der Waals surface area contributed by atoms with Crippen molar-refractivity contribution >= 4 is 27.9 Å². The van der Waals surface area contributed by atoms with Crippen LogP contribution in [0.15, 0.2) is 92.2 Å². The third-order valence-electron chi connectivity index (χ3n) is 6.03. The molecule has 1 aromatic heterocycles. The molecule has 0 saturated carbocycles. The Labute approximate surface area is 171 Å². The van der Waals surface area contributed by atoms with Gasteiger partial charge in [-0.2, -0.15) is 0 Å². The average Bonchev–Trinajstić information content (AvgIpc) is 3.28. The molecular formula is C27H24N2. The normalized spacial score (nSPS) is 15.5. The fourth-order valence-corrected chi connectivity index (χ4v) is 4.38. The molecule has 0 amide bonds. The molecule has 0 radical (unpaired) electrons. The molecular weight excluding hydrogens is 352 g/mol. The summed E-state index contributed by atoms with van der Waals surface area (Å²) in [5, 5.41) is 4.74. The first-order valence-corrected chi connectivity index (χ1v) is 9.98. The Morgan fingerprint density at radius 3 is 2.66 bits per heavy atom. The maximum absolute atomic E-state index is 4.46. The first kappa shape index (κ1) is 17.6. The summed E-state index contributed by atoms with van der Waals surface area (Å²) in [5.41, 5.74) is 9.48. The van der Waals surface area contributed by atoms with Crippen molar-refractivity contribution in [3.63, 3.8) is 0 Å². The summed E-state index contributed by atoms with van der Waals surface area (Å²) in [6.07, 6.45) is 3.12. The molecule has 2 heteroatoms. The lowest BCUT2D eigenvalue weighted by Gasteiger charge is -2.13. The monoisotopic (exact) mass is 376 g/mol. The Kier molecular flexibility index (Phi) is 4.13. The summed E-state index contributed by atoms with van der Waals surface area (Å²) in [6.45, 7) is 8.65. The van der Waals surface area contributed by atoms with E-state index in [1.807, 2.05) is 18.2 Å². The van der Waals surface area contributed by atoms with Gasteiger partial charge in [-0.25, -0.2) is 0 Å². The zero-order valence-corrected chi connectivity index (χ0v) is 16.7. The van der Waals surface area contributed by atoms with Crippen LogP contribution in [0.3, 0.4) is 0 Å². The SMILES string of the molecule is C=C(Nc1ccc2c(c1)C(=C)C(c1ccc3c(ccn3C)c1)C2)c1ccccc1. The van der Waals surface area contributed by atoms with E-state index in [1.54, 1.807) is 0 Å². The van der Waals surface area contributed by atoms with E-state index in [1.165, 1.54) is 33.2 Å². The smallest absolute Gasteiger partial charge is 0.0477 e. The number of nitrogens with zero attached hydrogens (tertiary/aromatic N) is 1. The van der Waals surface area contributed by atoms with Crippen LogP contribution in [0.2, 0.25) is 0 Å². The van der Waals surface area contributed by atoms with Crippen molar-refractivity contribution in [3.8, 4) is 0 Å². The van der Waals surface area contributed by atoms with Crippen LogP contribution in [0, 0.1) is 0 Å². The van der Waals surface area contributed by atoms with Gasteiger partial charge in [0.15, 0.2) is 0 Å². The van der Waals surface area contributed by atoms with E-state index in [0.717, 1.165) is 23.4 Å². The Hall–Kier alpha value is -3.52. The standard InChI is InChI=1S/C27H24N2/c1-18-25(21-10-12-27-23(15-21)13-14-29(27)3)16-22-9-11-24(17-26(18)22)28-19(2)20-7-5-4-6-8-20/h4-15,17,25,28H,1-2,16H2,3H3. The molecule has 2 nitrogen and oxygen atoms in total. The topological polar surface area (TPSA) is 17.0 Å². The molecule has 142 valence electrons. The van der Waals surface area contributed by atoms with Crippen LogP contribution in [-0.2, 0) is 13.5 Å². The highest BCUT2D eigenvalue weighted by atomic mass is 14.9. The minimum absolute atomic E-state index is 0.335. The largest absolute Gasteiger partial charge is 0.356 e. The van der Waals surface area contributed by atoms with Crippen molar-refractivity contribution in [2.75, 3.05) is 5.32 Å². The van der Waals surface area contributed by atoms with Crippen molar-refractivity contribution < 1.29 is 0 Å². The van der Waals surface area contributed by atoms with E-state index in [9.17, 15) is 0 Å². The molecule has 1 aliphatic carbocycles. The fraction of sp³-hybridized carbons (Fsp3) is 0.111. The number of benzene rings is 3. The van der Waals surface area contributed by atoms with E-state index in [-0.39, 0.29) is 0 Å². The van der Waals surface area contributed by atoms with Crippen molar-refractivity contribution in [2.24, 2.45) is 7.05 Å². The second kappa shape index (κ2) is 6.82. The summed E-state index contributed by atoms with van der Waals surface area (Å²) in [5.74, 6) is 0.335. The van der Waals surface area contributed by atoms with E-state index in [4.69, 9.17) is 0 Å². The molecule has 29 heavy (non-hydrogen) atoms. The number of hydrogen-bond acceptors (Lipinski definition) is 1. The third-order valence-corrected chi connectivity index (χ3v) is 6.03. The number of nitrogens with one attached hydrogen (secondary N) is 1. The van der Waals surface area contributed by atoms with Crippen LogP contribution in [0.5, 0.6) is 0 Å². The van der Waals surface area contributed by atoms with Gasteiger partial charge in [0.05, 0.1) is 0 Å². The number of allylic oxidation sites excluding steroid dienone is 1. The molecule has 1 heterocycles. The second-order valence-corrected chi connectivity index (χ2v) is 7.87. The van der Waals surface area contributed by atoms with E-state index < -0.39 is 0 Å². The molecule has 0 spiro atoms. The van der Waals surface area contributed by atoms with Crippen LogP contribution in [-0.4, -0.2) is 4.57 Å². The highest BCUT2D eigenvalue weighted by Crippen LogP contribution is 2.44. The Balaban J connectivity index is 1.41. The van der Waals surface area contributed by atoms with Crippen molar-refractivity contribution in [2.45, 2.75) is 12.3 Å². The average molecular weight is 377 g/mol. The number of fused-ring (bicyclic) bond motifs is 2. The molecule has 0 aliphatic heterocycles. The Morgan fingerprint density at radius 1 is 1.00 bits per heavy atom. The number of hydrogen-bond donors (Lipinski definition) is 1. The van der Waals surface area contributed by atoms with Gasteiger partial charge in [0.25, 0.3) is 0 Å². The molecule has 1 N–H and O–H groups in total. The zero-order chi connectivity index (χ0) is 20.0. The fourth-order valence-electron chi connectivity index (χ4n) is 4.38. The predicted octanol–water partition coefficient (Wildman–Crippen LogP) is 6.61. The quantitative estimate of drug-likeness (QED) is 0.424. The van der Waals surface area contributed by atoms with Gasteiger partial charge in [0, 0.05) is 36.1 Å². The van der Waals surface area contributed by atoms with Crippen molar-refractivity contribution in [1.82, 2.24) is 4.57 Å². The summed E-state index contributed by atoms with van der Waals surface area (Å²) in [7, 11) is 2.09. The van der Waals surface area contributed by atoms with Gasteiger partial charge in [0.1, 0.15) is 0 Å². The minimum Gasteiger partial charge on any atom is -0.356 e. The predicted molar refractivity (Wildman–Crippen MR) is 124 cm³/mol. The number of anilines is 1. The van der Waals surface area contributed by atoms with Gasteiger partial charge in [-0.3, -0.25) is 0 Å². The summed E-state index contributed by atoms with van der Waals surface area (Å²) in [6, 6.07) is 25.8. The van der Waals surface area contributed by atoms with Gasteiger partial charge in [-0.05, 0) is 70.0 Å². The molecule has 3 aromatic carbocycles.